The van der Waals surface area contributed by atoms with Crippen LogP contribution < -0.4 is 11.7 Å². The number of rotatable bonds is 4. The highest BCUT2D eigenvalue weighted by Gasteiger charge is 2.32. The Morgan fingerprint density at radius 1 is 1.27 bits per heavy atom. The molecule has 0 aromatic carbocycles. The molecule has 5 N–H and O–H groups in total. The van der Waals surface area contributed by atoms with Gasteiger partial charge in [0.2, 0.25) is 0 Å². The number of hydrazone groups is 1. The second-order valence-corrected chi connectivity index (χ2v) is 2.98. The molecule has 0 fully saturated rings. The van der Waals surface area contributed by atoms with Crippen LogP contribution in [0.3, 0.4) is 0 Å². The van der Waals surface area contributed by atoms with Crippen LogP contribution in [0.5, 0.6) is 0 Å². The van der Waals surface area contributed by atoms with E-state index in [9.17, 15) is 5.11 Å². The van der Waals surface area contributed by atoms with Crippen molar-refractivity contribution in [1.82, 2.24) is 5.01 Å². The Balaban J connectivity index is 0. The molecular weight excluding hydrogens is 192 g/mol. The van der Waals surface area contributed by atoms with Crippen LogP contribution >= 0.6 is 0 Å². The van der Waals surface area contributed by atoms with E-state index in [1.807, 2.05) is 34.6 Å². The number of aliphatic hydroxyl groups is 1. The second kappa shape index (κ2) is 8.49. The maximum atomic E-state index is 10.1. The highest BCUT2D eigenvalue weighted by molar-refractivity contribution is 5.89. The van der Waals surface area contributed by atoms with Crippen molar-refractivity contribution in [2.24, 2.45) is 16.8 Å². The van der Waals surface area contributed by atoms with E-state index in [0.29, 0.717) is 25.2 Å². The minimum absolute atomic E-state index is 0.347. The largest absolute Gasteiger partial charge is 0.382 e. The lowest BCUT2D eigenvalue weighted by Crippen LogP contribution is -2.52. The average Bonchev–Trinajstić information content (AvgIpc) is 2.31. The third-order valence-corrected chi connectivity index (χ3v) is 2.32. The van der Waals surface area contributed by atoms with E-state index in [1.54, 1.807) is 0 Å². The van der Waals surface area contributed by atoms with Gasteiger partial charge in [0.15, 0.2) is 5.84 Å². The molecular formula is C10H26N4O. The predicted octanol–water partition coefficient (Wildman–Crippen LogP) is 1.03. The summed E-state index contributed by atoms with van der Waals surface area (Å²) in [6.07, 6.45) is 1.10. The first-order chi connectivity index (χ1) is 7.05. The molecule has 0 spiro atoms. The highest BCUT2D eigenvalue weighted by atomic mass is 16.3. The van der Waals surface area contributed by atoms with Crippen molar-refractivity contribution >= 4 is 5.84 Å². The standard InChI is InChI=1S/C8H20N4O.C2H6/c1-4-8(13,5-2)7(11-9)12(10)6-3;1-2/h13H,4-6,9-10H2,1-3H3;1-2H3/b11-7-;. The molecule has 0 amide bonds. The molecule has 5 heteroatoms. The van der Waals surface area contributed by atoms with Crippen molar-refractivity contribution in [2.75, 3.05) is 6.54 Å². The van der Waals surface area contributed by atoms with Gasteiger partial charge >= 0.3 is 0 Å². The van der Waals surface area contributed by atoms with Gasteiger partial charge in [-0.2, -0.15) is 5.10 Å². The molecule has 0 aliphatic carbocycles. The summed E-state index contributed by atoms with van der Waals surface area (Å²) in [7, 11) is 0. The number of amidine groups is 1. The molecule has 0 aromatic rings. The highest BCUT2D eigenvalue weighted by Crippen LogP contribution is 2.17. The Hall–Kier alpha value is -0.810. The van der Waals surface area contributed by atoms with Crippen LogP contribution in [0, 0.1) is 0 Å². The smallest absolute Gasteiger partial charge is 0.170 e. The minimum Gasteiger partial charge on any atom is -0.382 e. The van der Waals surface area contributed by atoms with Crippen LogP contribution in [0.4, 0.5) is 0 Å². The summed E-state index contributed by atoms with van der Waals surface area (Å²) in [6, 6.07) is 0. The molecule has 92 valence electrons. The number of nitrogens with two attached hydrogens (primary N) is 2. The van der Waals surface area contributed by atoms with Crippen LogP contribution in [0.1, 0.15) is 47.5 Å². The van der Waals surface area contributed by atoms with E-state index in [-0.39, 0.29) is 0 Å². The average molecular weight is 218 g/mol. The van der Waals surface area contributed by atoms with Crippen molar-refractivity contribution in [3.8, 4) is 0 Å². The van der Waals surface area contributed by atoms with Gasteiger partial charge in [0.25, 0.3) is 0 Å². The third kappa shape index (κ3) is 4.48. The summed E-state index contributed by atoms with van der Waals surface area (Å²) in [6.45, 7) is 10.2. The Bertz CT molecular complexity index is 178. The van der Waals surface area contributed by atoms with Gasteiger partial charge in [-0.3, -0.25) is 5.01 Å². The molecule has 0 radical (unpaired) electrons. The maximum Gasteiger partial charge on any atom is 0.170 e. The molecule has 0 aromatic heterocycles. The Kier molecular flexibility index (Phi) is 9.41. The first-order valence-corrected chi connectivity index (χ1v) is 5.58. The zero-order valence-corrected chi connectivity index (χ0v) is 10.6. The minimum atomic E-state index is -1.00. The molecule has 0 unspecified atom stereocenters. The van der Waals surface area contributed by atoms with Gasteiger partial charge in [0.1, 0.15) is 5.60 Å². The zero-order valence-electron chi connectivity index (χ0n) is 10.6. The van der Waals surface area contributed by atoms with Crippen molar-refractivity contribution in [1.29, 1.82) is 0 Å². The van der Waals surface area contributed by atoms with Crippen LogP contribution in [0.25, 0.3) is 0 Å². The number of hydrogen-bond acceptors (Lipinski definition) is 4. The molecule has 15 heavy (non-hydrogen) atoms. The Morgan fingerprint density at radius 3 is 1.87 bits per heavy atom. The summed E-state index contributed by atoms with van der Waals surface area (Å²) >= 11 is 0. The summed E-state index contributed by atoms with van der Waals surface area (Å²) in [5.74, 6) is 11.2. The van der Waals surface area contributed by atoms with Crippen LogP contribution in [0.15, 0.2) is 5.10 Å². The van der Waals surface area contributed by atoms with E-state index in [2.05, 4.69) is 5.10 Å². The lowest BCUT2D eigenvalue weighted by Gasteiger charge is -2.31. The number of nitrogens with zero attached hydrogens (tertiary/aromatic N) is 2. The predicted molar refractivity (Wildman–Crippen MR) is 65.1 cm³/mol. The molecule has 0 rings (SSSR count). The monoisotopic (exact) mass is 218 g/mol. The zero-order chi connectivity index (χ0) is 12.5. The molecule has 0 aliphatic heterocycles. The molecule has 5 nitrogen and oxygen atoms in total. The summed E-state index contributed by atoms with van der Waals surface area (Å²) in [5.41, 5.74) is -1.00. The van der Waals surface area contributed by atoms with Gasteiger partial charge in [-0.15, -0.1) is 0 Å². The van der Waals surface area contributed by atoms with E-state index >= 15 is 0 Å². The fourth-order valence-corrected chi connectivity index (χ4v) is 1.18. The summed E-state index contributed by atoms with van der Waals surface area (Å²) in [4.78, 5) is 0. The fraction of sp³-hybridized carbons (Fsp3) is 0.900. The van der Waals surface area contributed by atoms with Gasteiger partial charge in [-0.25, -0.2) is 5.84 Å². The molecule has 0 bridgehead atoms. The van der Waals surface area contributed by atoms with Gasteiger partial charge in [-0.05, 0) is 19.8 Å². The van der Waals surface area contributed by atoms with Crippen molar-refractivity contribution < 1.29 is 5.11 Å². The first-order valence-electron chi connectivity index (χ1n) is 5.58. The van der Waals surface area contributed by atoms with E-state index in [1.165, 1.54) is 5.01 Å². The first kappa shape index (κ1) is 16.6. The summed E-state index contributed by atoms with van der Waals surface area (Å²) in [5, 5.41) is 15.0. The quantitative estimate of drug-likeness (QED) is 0.285. The molecule has 0 aliphatic rings. The lowest BCUT2D eigenvalue weighted by molar-refractivity contribution is 0.0880. The van der Waals surface area contributed by atoms with E-state index < -0.39 is 5.60 Å². The van der Waals surface area contributed by atoms with Gasteiger partial charge in [0, 0.05) is 6.54 Å². The normalized spacial score (nSPS) is 11.8. The molecule has 0 saturated heterocycles. The Morgan fingerprint density at radius 2 is 1.67 bits per heavy atom. The van der Waals surface area contributed by atoms with Crippen LogP contribution in [0.2, 0.25) is 0 Å². The SMILES string of the molecule is CC.CCN(N)/C(=N\N)C(O)(CC)CC. The molecule has 0 heterocycles. The fourth-order valence-electron chi connectivity index (χ4n) is 1.18. The summed E-state index contributed by atoms with van der Waals surface area (Å²) < 4.78 is 0. The number of likely N-dealkylation sites (N-methyl/N-ethyl adjacent to an activating group) is 1. The van der Waals surface area contributed by atoms with Crippen molar-refractivity contribution in [3.05, 3.63) is 0 Å². The molecule has 0 saturated carbocycles. The van der Waals surface area contributed by atoms with Crippen LogP contribution in [-0.4, -0.2) is 28.1 Å². The van der Waals surface area contributed by atoms with Gasteiger partial charge in [0.05, 0.1) is 0 Å². The second-order valence-electron chi connectivity index (χ2n) is 2.98. The van der Waals surface area contributed by atoms with Gasteiger partial charge < -0.3 is 10.9 Å². The van der Waals surface area contributed by atoms with Crippen LogP contribution in [-0.2, 0) is 0 Å². The Labute approximate surface area is 93.1 Å². The van der Waals surface area contributed by atoms with Crippen molar-refractivity contribution in [3.63, 3.8) is 0 Å². The van der Waals surface area contributed by atoms with Gasteiger partial charge in [-0.1, -0.05) is 27.7 Å². The topological polar surface area (TPSA) is 87.9 Å². The van der Waals surface area contributed by atoms with Crippen molar-refractivity contribution in [2.45, 2.75) is 53.1 Å². The number of hydrogen-bond donors (Lipinski definition) is 3. The molecule has 0 atom stereocenters. The number of hydrazine groups is 1. The van der Waals surface area contributed by atoms with E-state index in [4.69, 9.17) is 11.7 Å². The van der Waals surface area contributed by atoms with E-state index in [0.717, 1.165) is 0 Å². The maximum absolute atomic E-state index is 10.1. The lowest BCUT2D eigenvalue weighted by atomic mass is 9.95. The third-order valence-electron chi connectivity index (χ3n) is 2.32.